The molecule has 0 radical (unpaired) electrons. The predicted molar refractivity (Wildman–Crippen MR) is 86.3 cm³/mol. The number of hydrogen-bond donors (Lipinski definition) is 1. The van der Waals surface area contributed by atoms with Crippen LogP contribution in [0.4, 0.5) is 0 Å². The second kappa shape index (κ2) is 5.26. The molecule has 0 aliphatic rings. The van der Waals surface area contributed by atoms with E-state index in [1.165, 1.54) is 10.2 Å². The Bertz CT molecular complexity index is 922. The molecule has 2 aromatic carbocycles. The molecule has 1 atom stereocenters. The molecule has 1 heterocycles. The second-order valence-corrected chi connectivity index (χ2v) is 7.20. The largest absolute Gasteiger partial charge is 0.389 e. The Hall–Kier alpha value is -2.11. The van der Waals surface area contributed by atoms with E-state index in [0.29, 0.717) is 5.52 Å². The van der Waals surface area contributed by atoms with Crippen LogP contribution in [0.25, 0.3) is 10.9 Å². The van der Waals surface area contributed by atoms with Crippen molar-refractivity contribution < 1.29 is 13.5 Å². The third-order valence-corrected chi connectivity index (χ3v) is 5.46. The molecule has 4 nitrogen and oxygen atoms in total. The molecule has 3 aromatic rings. The van der Waals surface area contributed by atoms with Gasteiger partial charge in [-0.25, -0.2) is 12.4 Å². The molecular weight excluding hydrogens is 298 g/mol. The lowest BCUT2D eigenvalue weighted by Gasteiger charge is -2.10. The maximum Gasteiger partial charge on any atom is 0.268 e. The van der Waals surface area contributed by atoms with Crippen LogP contribution in [-0.4, -0.2) is 17.5 Å². The van der Waals surface area contributed by atoms with Gasteiger partial charge in [-0.3, -0.25) is 0 Å². The Balaban J connectivity index is 2.22. The quantitative estimate of drug-likeness (QED) is 0.807. The first-order valence-corrected chi connectivity index (χ1v) is 8.45. The van der Waals surface area contributed by atoms with Crippen LogP contribution in [0.15, 0.2) is 59.6 Å². The molecule has 0 bridgehead atoms. The van der Waals surface area contributed by atoms with E-state index < -0.39 is 16.1 Å². The van der Waals surface area contributed by atoms with Gasteiger partial charge >= 0.3 is 0 Å². The van der Waals surface area contributed by atoms with Gasteiger partial charge in [0.1, 0.15) is 0 Å². The van der Waals surface area contributed by atoms with Crippen LogP contribution in [-0.2, 0) is 10.0 Å². The second-order valence-electron chi connectivity index (χ2n) is 5.39. The molecule has 0 spiro atoms. The lowest BCUT2D eigenvalue weighted by atomic mass is 10.1. The van der Waals surface area contributed by atoms with Crippen molar-refractivity contribution in [1.29, 1.82) is 0 Å². The van der Waals surface area contributed by atoms with Crippen molar-refractivity contribution in [2.24, 2.45) is 0 Å². The van der Waals surface area contributed by atoms with Gasteiger partial charge in [-0.2, -0.15) is 0 Å². The van der Waals surface area contributed by atoms with Crippen molar-refractivity contribution in [2.45, 2.75) is 24.8 Å². The summed E-state index contributed by atoms with van der Waals surface area (Å²) in [5.41, 5.74) is 2.29. The van der Waals surface area contributed by atoms with E-state index in [1.54, 1.807) is 55.5 Å². The van der Waals surface area contributed by atoms with E-state index in [0.717, 1.165) is 16.5 Å². The number of rotatable bonds is 3. The SMILES string of the molecule is Cc1ccc(S(=O)(=O)n2ccc3c([C@@H](C)O)cccc32)cc1. The summed E-state index contributed by atoms with van der Waals surface area (Å²) in [6.07, 6.45) is 0.882. The van der Waals surface area contributed by atoms with E-state index in [2.05, 4.69) is 0 Å². The fourth-order valence-electron chi connectivity index (χ4n) is 2.56. The third kappa shape index (κ3) is 2.32. The van der Waals surface area contributed by atoms with Gasteiger partial charge < -0.3 is 5.11 Å². The minimum atomic E-state index is -3.65. The minimum absolute atomic E-state index is 0.248. The smallest absolute Gasteiger partial charge is 0.268 e. The van der Waals surface area contributed by atoms with E-state index >= 15 is 0 Å². The normalized spacial score (nSPS) is 13.4. The Kier molecular flexibility index (Phi) is 3.54. The van der Waals surface area contributed by atoms with Crippen LogP contribution in [0.1, 0.15) is 24.2 Å². The van der Waals surface area contributed by atoms with Gasteiger partial charge in [-0.15, -0.1) is 0 Å². The lowest BCUT2D eigenvalue weighted by Crippen LogP contribution is -2.11. The van der Waals surface area contributed by atoms with Gasteiger partial charge in [0.15, 0.2) is 0 Å². The topological polar surface area (TPSA) is 59.3 Å². The molecule has 3 rings (SSSR count). The van der Waals surface area contributed by atoms with Gasteiger partial charge in [0.2, 0.25) is 0 Å². The molecule has 114 valence electrons. The van der Waals surface area contributed by atoms with Crippen molar-refractivity contribution >= 4 is 20.9 Å². The van der Waals surface area contributed by atoms with Gasteiger partial charge in [0.25, 0.3) is 10.0 Å². The van der Waals surface area contributed by atoms with Gasteiger partial charge in [0, 0.05) is 11.6 Å². The molecule has 0 aliphatic heterocycles. The molecule has 22 heavy (non-hydrogen) atoms. The number of nitrogens with zero attached hydrogens (tertiary/aromatic N) is 1. The Labute approximate surface area is 129 Å². The fraction of sp³-hybridized carbons (Fsp3) is 0.176. The van der Waals surface area contributed by atoms with Gasteiger partial charge in [0.05, 0.1) is 16.5 Å². The Morgan fingerprint density at radius 3 is 2.36 bits per heavy atom. The van der Waals surface area contributed by atoms with Crippen LogP contribution in [0.5, 0.6) is 0 Å². The van der Waals surface area contributed by atoms with Crippen molar-refractivity contribution in [2.75, 3.05) is 0 Å². The Morgan fingerprint density at radius 1 is 1.05 bits per heavy atom. The molecule has 1 aromatic heterocycles. The number of aliphatic hydroxyl groups excluding tert-OH is 1. The summed E-state index contributed by atoms with van der Waals surface area (Å²) in [7, 11) is -3.65. The predicted octanol–water partition coefficient (Wildman–Crippen LogP) is 3.24. The number of aliphatic hydroxyl groups is 1. The molecule has 0 amide bonds. The fourth-order valence-corrected chi connectivity index (χ4v) is 3.91. The van der Waals surface area contributed by atoms with E-state index in [1.807, 2.05) is 6.92 Å². The molecule has 0 saturated carbocycles. The van der Waals surface area contributed by atoms with Gasteiger partial charge in [-0.1, -0.05) is 29.8 Å². The van der Waals surface area contributed by atoms with E-state index in [-0.39, 0.29) is 4.90 Å². The zero-order valence-corrected chi connectivity index (χ0v) is 13.2. The van der Waals surface area contributed by atoms with Crippen LogP contribution in [0.2, 0.25) is 0 Å². The van der Waals surface area contributed by atoms with Crippen LogP contribution in [0, 0.1) is 6.92 Å². The first kappa shape index (κ1) is 14.8. The summed E-state index contributed by atoms with van der Waals surface area (Å²) in [6, 6.07) is 13.8. The summed E-state index contributed by atoms with van der Waals surface area (Å²) in [6.45, 7) is 3.58. The minimum Gasteiger partial charge on any atom is -0.389 e. The standard InChI is InChI=1S/C17H17NO3S/c1-12-6-8-14(9-7-12)22(20,21)18-11-10-16-15(13(2)19)4-3-5-17(16)18/h3-11,13,19H,1-2H3/t13-/m1/s1. The van der Waals surface area contributed by atoms with Crippen molar-refractivity contribution in [3.8, 4) is 0 Å². The Morgan fingerprint density at radius 2 is 1.73 bits per heavy atom. The average molecular weight is 315 g/mol. The number of hydrogen-bond acceptors (Lipinski definition) is 3. The zero-order valence-electron chi connectivity index (χ0n) is 12.4. The zero-order chi connectivity index (χ0) is 15.9. The van der Waals surface area contributed by atoms with Crippen LogP contribution in [0.3, 0.4) is 0 Å². The molecular formula is C17H17NO3S. The number of fused-ring (bicyclic) bond motifs is 1. The van der Waals surface area contributed by atoms with Crippen LogP contribution < -0.4 is 0 Å². The van der Waals surface area contributed by atoms with Crippen LogP contribution >= 0.6 is 0 Å². The highest BCUT2D eigenvalue weighted by atomic mass is 32.2. The third-order valence-electron chi connectivity index (χ3n) is 3.76. The van der Waals surface area contributed by atoms with Crippen molar-refractivity contribution in [3.63, 3.8) is 0 Å². The molecule has 0 saturated heterocycles. The lowest BCUT2D eigenvalue weighted by molar-refractivity contribution is 0.201. The first-order chi connectivity index (χ1) is 10.4. The summed E-state index contributed by atoms with van der Waals surface area (Å²) in [5, 5.41) is 10.6. The van der Waals surface area contributed by atoms with Crippen molar-refractivity contribution in [3.05, 3.63) is 65.9 Å². The van der Waals surface area contributed by atoms with E-state index in [4.69, 9.17) is 0 Å². The average Bonchev–Trinajstić information content (AvgIpc) is 2.92. The number of aryl methyl sites for hydroxylation is 1. The molecule has 0 fully saturated rings. The number of aromatic nitrogens is 1. The highest BCUT2D eigenvalue weighted by Gasteiger charge is 2.20. The monoisotopic (exact) mass is 315 g/mol. The van der Waals surface area contributed by atoms with Crippen molar-refractivity contribution in [1.82, 2.24) is 3.97 Å². The first-order valence-electron chi connectivity index (χ1n) is 7.01. The summed E-state index contributed by atoms with van der Waals surface area (Å²) < 4.78 is 26.9. The highest BCUT2D eigenvalue weighted by Crippen LogP contribution is 2.28. The molecule has 1 N–H and O–H groups in total. The summed E-state index contributed by atoms with van der Waals surface area (Å²) in [5.74, 6) is 0. The molecule has 0 aliphatic carbocycles. The van der Waals surface area contributed by atoms with E-state index in [9.17, 15) is 13.5 Å². The molecule has 0 unspecified atom stereocenters. The summed E-state index contributed by atoms with van der Waals surface area (Å²) >= 11 is 0. The molecule has 5 heteroatoms. The summed E-state index contributed by atoms with van der Waals surface area (Å²) in [4.78, 5) is 0.248. The van der Waals surface area contributed by atoms with Gasteiger partial charge in [-0.05, 0) is 43.7 Å². The maximum absolute atomic E-state index is 12.8. The maximum atomic E-state index is 12.8. The number of benzene rings is 2. The highest BCUT2D eigenvalue weighted by molar-refractivity contribution is 7.90.